The predicted molar refractivity (Wildman–Crippen MR) is 73.5 cm³/mol. The molecule has 0 fully saturated rings. The molecule has 1 atom stereocenters. The Morgan fingerprint density at radius 3 is 2.56 bits per heavy atom. The number of hydrazine groups is 1. The van der Waals surface area contributed by atoms with Gasteiger partial charge < -0.3 is 4.74 Å². The maximum Gasteiger partial charge on any atom is 0.130 e. The molecule has 0 aliphatic carbocycles. The van der Waals surface area contributed by atoms with Crippen LogP contribution in [-0.2, 0) is 18.2 Å². The fourth-order valence-electron chi connectivity index (χ4n) is 2.09. The third-order valence-electron chi connectivity index (χ3n) is 3.23. The van der Waals surface area contributed by atoms with Crippen LogP contribution >= 0.6 is 11.6 Å². The van der Waals surface area contributed by atoms with Crippen molar-refractivity contribution in [3.63, 3.8) is 0 Å². The maximum absolute atomic E-state index is 6.23. The zero-order valence-electron chi connectivity index (χ0n) is 11.7. The molecule has 104 valence electrons. The van der Waals surface area contributed by atoms with Crippen molar-refractivity contribution in [2.45, 2.75) is 45.8 Å². The fourth-order valence-corrected chi connectivity index (χ4v) is 2.34. The molecule has 3 N–H and O–H groups in total. The summed E-state index contributed by atoms with van der Waals surface area (Å²) in [6.07, 6.45) is 0.683. The van der Waals surface area contributed by atoms with E-state index in [2.05, 4.69) is 10.5 Å². The Balaban J connectivity index is 2.92. The molecule has 5 nitrogen and oxygen atoms in total. The number of hydrogen-bond acceptors (Lipinski definition) is 4. The molecule has 0 saturated carbocycles. The molecule has 1 heterocycles. The van der Waals surface area contributed by atoms with Crippen molar-refractivity contribution < 1.29 is 4.74 Å². The van der Waals surface area contributed by atoms with Gasteiger partial charge in [-0.1, -0.05) is 11.6 Å². The smallest absolute Gasteiger partial charge is 0.130 e. The van der Waals surface area contributed by atoms with Gasteiger partial charge in [0.15, 0.2) is 0 Å². The normalized spacial score (nSPS) is 13.9. The zero-order valence-corrected chi connectivity index (χ0v) is 12.5. The lowest BCUT2D eigenvalue weighted by atomic mass is 9.93. The van der Waals surface area contributed by atoms with Gasteiger partial charge in [0.2, 0.25) is 0 Å². The van der Waals surface area contributed by atoms with Gasteiger partial charge in [-0.25, -0.2) is 0 Å². The first-order valence-electron chi connectivity index (χ1n) is 6.11. The monoisotopic (exact) mass is 274 g/mol. The molecule has 18 heavy (non-hydrogen) atoms. The molecule has 0 aromatic carbocycles. The SMILES string of the molecule is CCOC(C)(C)C(Cc1c(C)nn(C)c1Cl)NN. The van der Waals surface area contributed by atoms with E-state index in [1.54, 1.807) is 4.68 Å². The van der Waals surface area contributed by atoms with Gasteiger partial charge in [-0.15, -0.1) is 0 Å². The lowest BCUT2D eigenvalue weighted by molar-refractivity contribution is -0.0381. The molecule has 1 rings (SSSR count). The summed E-state index contributed by atoms with van der Waals surface area (Å²) in [4.78, 5) is 0. The Labute approximate surface area is 114 Å². The first-order chi connectivity index (χ1) is 8.33. The van der Waals surface area contributed by atoms with E-state index in [0.717, 1.165) is 11.3 Å². The van der Waals surface area contributed by atoms with Crippen molar-refractivity contribution in [1.82, 2.24) is 15.2 Å². The number of ether oxygens (including phenoxy) is 1. The molecule has 1 aromatic heterocycles. The zero-order chi connectivity index (χ0) is 13.9. The number of aryl methyl sites for hydroxylation is 2. The van der Waals surface area contributed by atoms with E-state index in [1.807, 2.05) is 34.7 Å². The molecule has 0 bridgehead atoms. The molecule has 1 unspecified atom stereocenters. The molecular weight excluding hydrogens is 252 g/mol. The van der Waals surface area contributed by atoms with Crippen LogP contribution in [-0.4, -0.2) is 28.0 Å². The Kier molecular flexibility index (Phi) is 5.16. The minimum atomic E-state index is -0.366. The largest absolute Gasteiger partial charge is 0.374 e. The summed E-state index contributed by atoms with van der Waals surface area (Å²) in [6.45, 7) is 8.59. The summed E-state index contributed by atoms with van der Waals surface area (Å²) in [5.41, 5.74) is 4.39. The highest BCUT2D eigenvalue weighted by atomic mass is 35.5. The van der Waals surface area contributed by atoms with Crippen molar-refractivity contribution >= 4 is 11.6 Å². The summed E-state index contributed by atoms with van der Waals surface area (Å²) in [5, 5.41) is 4.95. The van der Waals surface area contributed by atoms with E-state index in [1.165, 1.54) is 0 Å². The molecule has 1 aromatic rings. The van der Waals surface area contributed by atoms with Crippen LogP contribution in [0.4, 0.5) is 0 Å². The number of nitrogens with zero attached hydrogens (tertiary/aromatic N) is 2. The second-order valence-corrected chi connectivity index (χ2v) is 5.30. The minimum absolute atomic E-state index is 0.0298. The third kappa shape index (κ3) is 3.23. The van der Waals surface area contributed by atoms with E-state index in [9.17, 15) is 0 Å². The van der Waals surface area contributed by atoms with E-state index in [4.69, 9.17) is 22.2 Å². The Morgan fingerprint density at radius 2 is 2.17 bits per heavy atom. The van der Waals surface area contributed by atoms with Crippen molar-refractivity contribution in [3.05, 3.63) is 16.4 Å². The van der Waals surface area contributed by atoms with Gasteiger partial charge in [0.25, 0.3) is 0 Å². The lowest BCUT2D eigenvalue weighted by Gasteiger charge is -2.33. The summed E-state index contributed by atoms with van der Waals surface area (Å²) < 4.78 is 7.40. The number of aromatic nitrogens is 2. The van der Waals surface area contributed by atoms with Crippen LogP contribution in [0.15, 0.2) is 0 Å². The van der Waals surface area contributed by atoms with Crippen LogP contribution in [0.1, 0.15) is 32.0 Å². The van der Waals surface area contributed by atoms with E-state index in [0.29, 0.717) is 18.2 Å². The van der Waals surface area contributed by atoms with Crippen LogP contribution in [0, 0.1) is 6.92 Å². The van der Waals surface area contributed by atoms with Crippen LogP contribution in [0.3, 0.4) is 0 Å². The fraction of sp³-hybridized carbons (Fsp3) is 0.750. The van der Waals surface area contributed by atoms with Crippen LogP contribution in [0.5, 0.6) is 0 Å². The van der Waals surface area contributed by atoms with Crippen molar-refractivity contribution in [2.75, 3.05) is 6.61 Å². The second-order valence-electron chi connectivity index (χ2n) is 4.94. The van der Waals surface area contributed by atoms with E-state index >= 15 is 0 Å². The second kappa shape index (κ2) is 6.02. The predicted octanol–water partition coefficient (Wildman–Crippen LogP) is 1.57. The van der Waals surface area contributed by atoms with Gasteiger partial charge in [0.1, 0.15) is 5.15 Å². The van der Waals surface area contributed by atoms with E-state index < -0.39 is 0 Å². The Bertz CT molecular complexity index is 403. The highest BCUT2D eigenvalue weighted by molar-refractivity contribution is 6.30. The first kappa shape index (κ1) is 15.4. The summed E-state index contributed by atoms with van der Waals surface area (Å²) in [5.74, 6) is 5.64. The van der Waals surface area contributed by atoms with Gasteiger partial charge in [-0.05, 0) is 34.1 Å². The Morgan fingerprint density at radius 1 is 1.56 bits per heavy atom. The van der Waals surface area contributed by atoms with Gasteiger partial charge in [-0.2, -0.15) is 5.10 Å². The maximum atomic E-state index is 6.23. The molecule has 6 heteroatoms. The number of nitrogens with one attached hydrogen (secondary N) is 1. The first-order valence-corrected chi connectivity index (χ1v) is 6.49. The minimum Gasteiger partial charge on any atom is -0.374 e. The van der Waals surface area contributed by atoms with Crippen LogP contribution in [0.2, 0.25) is 5.15 Å². The van der Waals surface area contributed by atoms with Crippen molar-refractivity contribution in [3.8, 4) is 0 Å². The molecule has 0 spiro atoms. The number of nitrogens with two attached hydrogens (primary N) is 1. The van der Waals surface area contributed by atoms with Gasteiger partial charge >= 0.3 is 0 Å². The molecule has 0 aliphatic heterocycles. The standard InChI is InChI=1S/C12H23ClN4O/c1-6-18-12(3,4)10(15-14)7-9-8(2)16-17(5)11(9)13/h10,15H,6-7,14H2,1-5H3. The van der Waals surface area contributed by atoms with Gasteiger partial charge in [0.05, 0.1) is 17.3 Å². The highest BCUT2D eigenvalue weighted by Crippen LogP contribution is 2.24. The number of halogens is 1. The Hall–Kier alpha value is -0.620. The molecule has 0 saturated heterocycles. The topological polar surface area (TPSA) is 65.1 Å². The molecule has 0 radical (unpaired) electrons. The number of hydrogen-bond donors (Lipinski definition) is 2. The number of rotatable bonds is 6. The molecule has 0 aliphatic rings. The average molecular weight is 275 g/mol. The van der Waals surface area contributed by atoms with Crippen LogP contribution in [0.25, 0.3) is 0 Å². The third-order valence-corrected chi connectivity index (χ3v) is 3.71. The lowest BCUT2D eigenvalue weighted by Crippen LogP contribution is -2.52. The quantitative estimate of drug-likeness (QED) is 0.611. The average Bonchev–Trinajstić information content (AvgIpc) is 2.50. The van der Waals surface area contributed by atoms with Crippen molar-refractivity contribution in [1.29, 1.82) is 0 Å². The molecule has 0 amide bonds. The summed E-state index contributed by atoms with van der Waals surface area (Å²) >= 11 is 6.23. The highest BCUT2D eigenvalue weighted by Gasteiger charge is 2.31. The summed E-state index contributed by atoms with van der Waals surface area (Å²) in [7, 11) is 1.83. The molecular formula is C12H23ClN4O. The van der Waals surface area contributed by atoms with Gasteiger partial charge in [0, 0.05) is 19.2 Å². The van der Waals surface area contributed by atoms with Crippen LogP contribution < -0.4 is 11.3 Å². The van der Waals surface area contributed by atoms with Gasteiger partial charge in [-0.3, -0.25) is 16.0 Å². The van der Waals surface area contributed by atoms with E-state index in [-0.39, 0.29) is 11.6 Å². The van der Waals surface area contributed by atoms with Crippen molar-refractivity contribution in [2.24, 2.45) is 12.9 Å². The summed E-state index contributed by atoms with van der Waals surface area (Å²) in [6, 6.07) is -0.0298.